The van der Waals surface area contributed by atoms with Gasteiger partial charge in [-0.15, -0.1) is 0 Å². The number of nitrogens with zero attached hydrogens (tertiary/aromatic N) is 1. The average molecular weight is 157 g/mol. The molecule has 0 aliphatic carbocycles. The molecule has 10 heavy (non-hydrogen) atoms. The van der Waals surface area contributed by atoms with Gasteiger partial charge in [0.1, 0.15) is 0 Å². The fourth-order valence-electron chi connectivity index (χ4n) is 0.838. The molecule has 0 spiro atoms. The molecule has 0 N–H and O–H groups in total. The lowest BCUT2D eigenvalue weighted by atomic mass is 9.97. The lowest BCUT2D eigenvalue weighted by Crippen LogP contribution is -2.15. The minimum atomic E-state index is -3.07. The fraction of sp³-hybridized carbons (Fsp3) is 0.500. The van der Waals surface area contributed by atoms with Crippen molar-refractivity contribution in [2.75, 3.05) is 5.75 Å². The van der Waals surface area contributed by atoms with Crippen LogP contribution in [-0.4, -0.2) is 14.2 Å². The number of allylic oxidation sites excluding steroid dienone is 1. The van der Waals surface area contributed by atoms with Crippen LogP contribution in [-0.2, 0) is 9.84 Å². The second-order valence-electron chi connectivity index (χ2n) is 2.64. The first-order valence-electron chi connectivity index (χ1n) is 2.81. The van der Waals surface area contributed by atoms with Crippen molar-refractivity contribution in [2.24, 2.45) is 5.41 Å². The molecule has 4 heteroatoms. The molecular weight excluding hydrogens is 150 g/mol. The second kappa shape index (κ2) is 1.83. The number of sulfone groups is 1. The van der Waals surface area contributed by atoms with Gasteiger partial charge < -0.3 is 0 Å². The first kappa shape index (κ1) is 7.29. The van der Waals surface area contributed by atoms with Gasteiger partial charge in [0.2, 0.25) is 0 Å². The molecule has 1 rings (SSSR count). The summed E-state index contributed by atoms with van der Waals surface area (Å²) in [7, 11) is -3.07. The topological polar surface area (TPSA) is 57.9 Å². The predicted octanol–water partition coefficient (Wildman–Crippen LogP) is 0.458. The van der Waals surface area contributed by atoms with Gasteiger partial charge in [-0.3, -0.25) is 0 Å². The third kappa shape index (κ3) is 1.19. The van der Waals surface area contributed by atoms with E-state index in [2.05, 4.69) is 0 Å². The van der Waals surface area contributed by atoms with Gasteiger partial charge in [-0.1, -0.05) is 6.08 Å². The number of nitriles is 1. The van der Waals surface area contributed by atoms with Crippen molar-refractivity contribution < 1.29 is 8.42 Å². The molecule has 0 fully saturated rings. The van der Waals surface area contributed by atoms with E-state index in [1.54, 1.807) is 6.92 Å². The molecule has 0 amide bonds. The van der Waals surface area contributed by atoms with E-state index in [9.17, 15) is 8.42 Å². The third-order valence-electron chi connectivity index (χ3n) is 1.40. The molecule has 1 aliphatic rings. The molecule has 1 atom stereocenters. The first-order valence-corrected chi connectivity index (χ1v) is 4.52. The Balaban J connectivity index is 3.03. The molecule has 1 aliphatic heterocycles. The van der Waals surface area contributed by atoms with Crippen LogP contribution >= 0.6 is 0 Å². The monoisotopic (exact) mass is 157 g/mol. The van der Waals surface area contributed by atoms with Crippen molar-refractivity contribution in [3.8, 4) is 6.07 Å². The minimum Gasteiger partial charge on any atom is -0.224 e. The zero-order valence-electron chi connectivity index (χ0n) is 5.53. The van der Waals surface area contributed by atoms with Gasteiger partial charge in [0.15, 0.2) is 9.84 Å². The van der Waals surface area contributed by atoms with E-state index in [1.165, 1.54) is 6.08 Å². The van der Waals surface area contributed by atoms with E-state index in [4.69, 9.17) is 5.26 Å². The molecule has 0 saturated carbocycles. The van der Waals surface area contributed by atoms with E-state index in [1.807, 2.05) is 6.07 Å². The Kier molecular flexibility index (Phi) is 1.33. The highest BCUT2D eigenvalue weighted by Gasteiger charge is 2.32. The van der Waals surface area contributed by atoms with Gasteiger partial charge in [-0.05, 0) is 6.92 Å². The summed E-state index contributed by atoms with van der Waals surface area (Å²) in [6.07, 6.45) is 1.43. The normalized spacial score (nSPS) is 35.6. The maximum Gasteiger partial charge on any atom is 0.173 e. The lowest BCUT2D eigenvalue weighted by molar-refractivity contribution is 0.585. The molecule has 0 radical (unpaired) electrons. The fourth-order valence-corrected chi connectivity index (χ4v) is 2.44. The van der Waals surface area contributed by atoms with Crippen LogP contribution in [0.25, 0.3) is 0 Å². The van der Waals surface area contributed by atoms with Gasteiger partial charge in [0.05, 0.1) is 17.2 Å². The summed E-state index contributed by atoms with van der Waals surface area (Å²) >= 11 is 0. The molecular formula is C6H7NO2S. The Morgan fingerprint density at radius 3 is 2.50 bits per heavy atom. The van der Waals surface area contributed by atoms with Crippen molar-refractivity contribution in [3.63, 3.8) is 0 Å². The summed E-state index contributed by atoms with van der Waals surface area (Å²) in [5.74, 6) is -0.0729. The Morgan fingerprint density at radius 2 is 2.30 bits per heavy atom. The van der Waals surface area contributed by atoms with Crippen molar-refractivity contribution in [1.82, 2.24) is 0 Å². The van der Waals surface area contributed by atoms with Crippen LogP contribution in [0.15, 0.2) is 11.5 Å². The summed E-state index contributed by atoms with van der Waals surface area (Å²) in [5.41, 5.74) is -0.793. The van der Waals surface area contributed by atoms with E-state index in [-0.39, 0.29) is 5.75 Å². The van der Waals surface area contributed by atoms with Gasteiger partial charge in [-0.25, -0.2) is 8.42 Å². The minimum absolute atomic E-state index is 0.0729. The number of rotatable bonds is 0. The lowest BCUT2D eigenvalue weighted by Gasteiger charge is -2.06. The largest absolute Gasteiger partial charge is 0.224 e. The standard InChI is InChI=1S/C6H7NO2S/c1-6(4-7)2-3-10(8,9)5-6/h2-3H,5H2,1H3. The van der Waals surface area contributed by atoms with Crippen molar-refractivity contribution in [2.45, 2.75) is 6.92 Å². The van der Waals surface area contributed by atoms with Crippen LogP contribution in [0.3, 0.4) is 0 Å². The quantitative estimate of drug-likeness (QED) is 0.513. The Morgan fingerprint density at radius 1 is 1.70 bits per heavy atom. The zero-order valence-corrected chi connectivity index (χ0v) is 6.35. The van der Waals surface area contributed by atoms with Crippen LogP contribution in [0.5, 0.6) is 0 Å². The summed E-state index contributed by atoms with van der Waals surface area (Å²) in [4.78, 5) is 0. The summed E-state index contributed by atoms with van der Waals surface area (Å²) in [6, 6.07) is 1.93. The van der Waals surface area contributed by atoms with Gasteiger partial charge in [-0.2, -0.15) is 5.26 Å². The molecule has 3 nitrogen and oxygen atoms in total. The average Bonchev–Trinajstić information content (AvgIpc) is 2.08. The van der Waals surface area contributed by atoms with E-state index >= 15 is 0 Å². The summed E-state index contributed by atoms with van der Waals surface area (Å²) in [5, 5.41) is 9.60. The maximum atomic E-state index is 10.8. The Hall–Kier alpha value is -0.820. The molecule has 0 aromatic heterocycles. The number of hydrogen-bond acceptors (Lipinski definition) is 3. The molecule has 54 valence electrons. The highest BCUT2D eigenvalue weighted by Crippen LogP contribution is 2.26. The Labute approximate surface area is 59.9 Å². The van der Waals surface area contributed by atoms with E-state index in [0.29, 0.717) is 0 Å². The maximum absolute atomic E-state index is 10.8. The summed E-state index contributed by atoms with van der Waals surface area (Å²) < 4.78 is 21.5. The van der Waals surface area contributed by atoms with Crippen molar-refractivity contribution in [3.05, 3.63) is 11.5 Å². The van der Waals surface area contributed by atoms with Gasteiger partial charge in [0.25, 0.3) is 0 Å². The molecule has 0 aromatic rings. The zero-order chi connectivity index (χ0) is 7.83. The highest BCUT2D eigenvalue weighted by atomic mass is 32.2. The van der Waals surface area contributed by atoms with Gasteiger partial charge in [0, 0.05) is 5.41 Å². The number of hydrogen-bond donors (Lipinski definition) is 0. The van der Waals surface area contributed by atoms with E-state index in [0.717, 1.165) is 5.41 Å². The highest BCUT2D eigenvalue weighted by molar-refractivity contribution is 7.94. The van der Waals surface area contributed by atoms with Crippen molar-refractivity contribution >= 4 is 9.84 Å². The molecule has 1 unspecified atom stereocenters. The molecule has 0 bridgehead atoms. The van der Waals surface area contributed by atoms with E-state index < -0.39 is 15.3 Å². The second-order valence-corrected chi connectivity index (χ2v) is 4.53. The SMILES string of the molecule is CC1(C#N)C=CS(=O)(=O)C1. The Bertz CT molecular complexity index is 309. The first-order chi connectivity index (χ1) is 4.47. The van der Waals surface area contributed by atoms with Crippen LogP contribution in [0.1, 0.15) is 6.92 Å². The molecule has 0 saturated heterocycles. The van der Waals surface area contributed by atoms with Crippen LogP contribution < -0.4 is 0 Å². The van der Waals surface area contributed by atoms with Gasteiger partial charge >= 0.3 is 0 Å². The predicted molar refractivity (Wildman–Crippen MR) is 36.6 cm³/mol. The van der Waals surface area contributed by atoms with Crippen molar-refractivity contribution in [1.29, 1.82) is 5.26 Å². The summed E-state index contributed by atoms with van der Waals surface area (Å²) in [6.45, 7) is 1.61. The van der Waals surface area contributed by atoms with Crippen LogP contribution in [0.4, 0.5) is 0 Å². The smallest absolute Gasteiger partial charge is 0.173 e. The van der Waals surface area contributed by atoms with Crippen LogP contribution in [0, 0.1) is 16.7 Å². The molecule has 0 aromatic carbocycles. The van der Waals surface area contributed by atoms with Crippen LogP contribution in [0.2, 0.25) is 0 Å². The molecule has 1 heterocycles. The third-order valence-corrected chi connectivity index (χ3v) is 2.95.